The summed E-state index contributed by atoms with van der Waals surface area (Å²) in [6, 6.07) is 2.04. The van der Waals surface area contributed by atoms with Crippen molar-refractivity contribution in [3.8, 4) is 11.5 Å². The number of carbonyl (C=O) groups is 1. The standard InChI is InChI=1S/C13H14F3NO4/c1-20-10-3-6-7(4-11(10)21-2)9(18)5-8(6)17-12(19)13(14,15)16/h3-4,8-9,18H,5H2,1-2H3,(H,17,19)/t8-,9+/m1/s1. The number of hydrogen-bond acceptors (Lipinski definition) is 4. The van der Waals surface area contributed by atoms with E-state index in [9.17, 15) is 23.1 Å². The maximum Gasteiger partial charge on any atom is 0.471 e. The maximum atomic E-state index is 12.3. The highest BCUT2D eigenvalue weighted by Crippen LogP contribution is 2.44. The minimum Gasteiger partial charge on any atom is -0.493 e. The molecule has 0 bridgehead atoms. The van der Waals surface area contributed by atoms with Gasteiger partial charge in [-0.3, -0.25) is 4.79 Å². The molecule has 1 aliphatic rings. The van der Waals surface area contributed by atoms with Gasteiger partial charge in [0.15, 0.2) is 11.5 Å². The Morgan fingerprint density at radius 1 is 1.24 bits per heavy atom. The van der Waals surface area contributed by atoms with Crippen LogP contribution in [0.3, 0.4) is 0 Å². The van der Waals surface area contributed by atoms with Gasteiger partial charge in [-0.15, -0.1) is 0 Å². The monoisotopic (exact) mass is 305 g/mol. The lowest BCUT2D eigenvalue weighted by molar-refractivity contribution is -0.174. The highest BCUT2D eigenvalue weighted by Gasteiger charge is 2.42. The minimum absolute atomic E-state index is 0.0343. The molecule has 0 fully saturated rings. The van der Waals surface area contributed by atoms with Gasteiger partial charge in [0.2, 0.25) is 0 Å². The molecule has 0 spiro atoms. The maximum absolute atomic E-state index is 12.3. The molecular weight excluding hydrogens is 291 g/mol. The van der Waals surface area contributed by atoms with E-state index in [-0.39, 0.29) is 6.42 Å². The number of hydrogen-bond donors (Lipinski definition) is 2. The quantitative estimate of drug-likeness (QED) is 0.894. The second kappa shape index (κ2) is 5.44. The number of fused-ring (bicyclic) bond motifs is 1. The summed E-state index contributed by atoms with van der Waals surface area (Å²) in [5.74, 6) is -1.36. The van der Waals surface area contributed by atoms with E-state index >= 15 is 0 Å². The Bertz CT molecular complexity index is 559. The normalized spacial score (nSPS) is 20.9. The average Bonchev–Trinajstić information content (AvgIpc) is 2.72. The third kappa shape index (κ3) is 2.90. The van der Waals surface area contributed by atoms with E-state index in [0.29, 0.717) is 22.6 Å². The van der Waals surface area contributed by atoms with Gasteiger partial charge in [-0.05, 0) is 23.3 Å². The molecule has 0 radical (unpaired) electrons. The summed E-state index contributed by atoms with van der Waals surface area (Å²) < 4.78 is 47.1. The molecule has 0 saturated heterocycles. The molecule has 0 aromatic heterocycles. The van der Waals surface area contributed by atoms with E-state index in [1.54, 1.807) is 0 Å². The summed E-state index contributed by atoms with van der Waals surface area (Å²) in [5, 5.41) is 11.8. The lowest BCUT2D eigenvalue weighted by Crippen LogP contribution is -2.38. The zero-order valence-corrected chi connectivity index (χ0v) is 11.3. The lowest BCUT2D eigenvalue weighted by atomic mass is 10.1. The summed E-state index contributed by atoms with van der Waals surface area (Å²) in [4.78, 5) is 11.0. The summed E-state index contributed by atoms with van der Waals surface area (Å²) in [5.41, 5.74) is 0.804. The van der Waals surface area contributed by atoms with Crippen molar-refractivity contribution in [2.24, 2.45) is 0 Å². The largest absolute Gasteiger partial charge is 0.493 e. The highest BCUT2D eigenvalue weighted by molar-refractivity contribution is 5.82. The fraction of sp³-hybridized carbons (Fsp3) is 0.462. The Hall–Kier alpha value is -1.96. The number of nitrogens with one attached hydrogen (secondary N) is 1. The van der Waals surface area contributed by atoms with Gasteiger partial charge in [-0.1, -0.05) is 0 Å². The van der Waals surface area contributed by atoms with E-state index in [2.05, 4.69) is 0 Å². The van der Waals surface area contributed by atoms with Gasteiger partial charge >= 0.3 is 12.1 Å². The van der Waals surface area contributed by atoms with Crippen molar-refractivity contribution in [3.63, 3.8) is 0 Å². The molecule has 2 N–H and O–H groups in total. The Morgan fingerprint density at radius 2 is 1.76 bits per heavy atom. The number of rotatable bonds is 3. The van der Waals surface area contributed by atoms with E-state index in [4.69, 9.17) is 9.47 Å². The van der Waals surface area contributed by atoms with Crippen molar-refractivity contribution in [1.29, 1.82) is 0 Å². The average molecular weight is 305 g/mol. The molecule has 1 aliphatic carbocycles. The van der Waals surface area contributed by atoms with Crippen LogP contribution >= 0.6 is 0 Å². The van der Waals surface area contributed by atoms with E-state index < -0.39 is 24.2 Å². The van der Waals surface area contributed by atoms with Gasteiger partial charge in [0.25, 0.3) is 0 Å². The van der Waals surface area contributed by atoms with Crippen LogP contribution in [0.5, 0.6) is 11.5 Å². The number of alkyl halides is 3. The van der Waals surface area contributed by atoms with Crippen LogP contribution < -0.4 is 14.8 Å². The van der Waals surface area contributed by atoms with Crippen molar-refractivity contribution in [3.05, 3.63) is 23.3 Å². The third-order valence-electron chi connectivity index (χ3n) is 3.35. The first-order valence-electron chi connectivity index (χ1n) is 6.09. The molecule has 0 unspecified atom stereocenters. The zero-order chi connectivity index (χ0) is 15.8. The van der Waals surface area contributed by atoms with Gasteiger partial charge in [0.05, 0.1) is 26.4 Å². The number of halogens is 3. The zero-order valence-electron chi connectivity index (χ0n) is 11.3. The van der Waals surface area contributed by atoms with Crippen LogP contribution in [0.2, 0.25) is 0 Å². The number of aliphatic hydroxyl groups excluding tert-OH is 1. The third-order valence-corrected chi connectivity index (χ3v) is 3.35. The predicted octanol–water partition coefficient (Wildman–Crippen LogP) is 1.86. The number of methoxy groups -OCH3 is 2. The first-order chi connectivity index (χ1) is 9.77. The number of benzene rings is 1. The topological polar surface area (TPSA) is 67.8 Å². The molecular formula is C13H14F3NO4. The Labute approximate surface area is 118 Å². The Kier molecular flexibility index (Phi) is 3.99. The van der Waals surface area contributed by atoms with Gasteiger partial charge in [0.1, 0.15) is 0 Å². The number of ether oxygens (including phenoxy) is 2. The van der Waals surface area contributed by atoms with Crippen LogP contribution in [0.1, 0.15) is 29.7 Å². The first kappa shape index (κ1) is 15.4. The predicted molar refractivity (Wildman–Crippen MR) is 66.1 cm³/mol. The molecule has 0 saturated carbocycles. The van der Waals surface area contributed by atoms with Crippen molar-refractivity contribution in [1.82, 2.24) is 5.32 Å². The van der Waals surface area contributed by atoms with Crippen molar-refractivity contribution >= 4 is 5.91 Å². The number of carbonyl (C=O) groups excluding carboxylic acids is 1. The molecule has 0 aliphatic heterocycles. The van der Waals surface area contributed by atoms with Crippen molar-refractivity contribution < 1.29 is 32.5 Å². The van der Waals surface area contributed by atoms with Gasteiger partial charge in [0, 0.05) is 6.42 Å². The molecule has 1 aromatic rings. The Morgan fingerprint density at radius 3 is 2.24 bits per heavy atom. The number of aliphatic hydroxyl groups is 1. The summed E-state index contributed by atoms with van der Waals surface area (Å²) in [6.45, 7) is 0. The van der Waals surface area contributed by atoms with Crippen LogP contribution in [0, 0.1) is 0 Å². The van der Waals surface area contributed by atoms with Crippen LogP contribution in [0.15, 0.2) is 12.1 Å². The minimum atomic E-state index is -4.97. The van der Waals surface area contributed by atoms with Crippen LogP contribution in [0.4, 0.5) is 13.2 Å². The van der Waals surface area contributed by atoms with E-state index in [1.165, 1.54) is 26.4 Å². The molecule has 21 heavy (non-hydrogen) atoms. The smallest absolute Gasteiger partial charge is 0.471 e. The summed E-state index contributed by atoms with van der Waals surface area (Å²) in [7, 11) is 2.80. The second-order valence-electron chi connectivity index (χ2n) is 4.61. The molecule has 2 atom stereocenters. The van der Waals surface area contributed by atoms with Crippen molar-refractivity contribution in [2.75, 3.05) is 14.2 Å². The molecule has 8 heteroatoms. The van der Waals surface area contributed by atoms with Crippen LogP contribution in [-0.4, -0.2) is 31.4 Å². The fourth-order valence-corrected chi connectivity index (χ4v) is 2.35. The Balaban J connectivity index is 2.34. The highest BCUT2D eigenvalue weighted by atomic mass is 19.4. The molecule has 0 heterocycles. The molecule has 5 nitrogen and oxygen atoms in total. The second-order valence-corrected chi connectivity index (χ2v) is 4.61. The summed E-state index contributed by atoms with van der Waals surface area (Å²) in [6.07, 6.45) is -5.98. The van der Waals surface area contributed by atoms with E-state index in [1.807, 2.05) is 5.32 Å². The molecule has 116 valence electrons. The molecule has 1 aromatic carbocycles. The number of amides is 1. The van der Waals surface area contributed by atoms with Crippen molar-refractivity contribution in [2.45, 2.75) is 24.7 Å². The van der Waals surface area contributed by atoms with Gasteiger partial charge in [-0.25, -0.2) is 0 Å². The van der Waals surface area contributed by atoms with Gasteiger partial charge in [-0.2, -0.15) is 13.2 Å². The fourth-order valence-electron chi connectivity index (χ4n) is 2.35. The lowest BCUT2D eigenvalue weighted by Gasteiger charge is -2.16. The molecule has 1 amide bonds. The van der Waals surface area contributed by atoms with Crippen LogP contribution in [0.25, 0.3) is 0 Å². The summed E-state index contributed by atoms with van der Waals surface area (Å²) >= 11 is 0. The first-order valence-corrected chi connectivity index (χ1v) is 6.09. The SMILES string of the molecule is COc1cc2c(cc1OC)[C@H](NC(=O)C(F)(F)F)C[C@@H]2O. The van der Waals surface area contributed by atoms with Gasteiger partial charge < -0.3 is 19.9 Å². The van der Waals surface area contributed by atoms with E-state index in [0.717, 1.165) is 0 Å². The molecule has 2 rings (SSSR count). The van der Waals surface area contributed by atoms with Crippen LogP contribution in [-0.2, 0) is 4.79 Å².